The lowest BCUT2D eigenvalue weighted by Crippen LogP contribution is -2.44. The summed E-state index contributed by atoms with van der Waals surface area (Å²) in [6.45, 7) is 3.10. The van der Waals surface area contributed by atoms with Gasteiger partial charge in [-0.25, -0.2) is 14.4 Å². The molecule has 0 saturated heterocycles. The zero-order valence-corrected chi connectivity index (χ0v) is 17.0. The third-order valence-electron chi connectivity index (χ3n) is 4.56. The van der Waals surface area contributed by atoms with Crippen molar-refractivity contribution in [2.75, 3.05) is 0 Å². The lowest BCUT2D eigenvalue weighted by Gasteiger charge is -2.31. The van der Waals surface area contributed by atoms with E-state index in [1.54, 1.807) is 12.1 Å². The molecule has 2 atom stereocenters. The molecule has 2 heterocycles. The molecule has 0 aliphatic carbocycles. The normalized spacial score (nSPS) is 21.3. The minimum absolute atomic E-state index is 0.0873. The number of hydrogen-bond donors (Lipinski definition) is 0. The van der Waals surface area contributed by atoms with Crippen LogP contribution < -0.4 is 0 Å². The zero-order chi connectivity index (χ0) is 19.8. The summed E-state index contributed by atoms with van der Waals surface area (Å²) in [5.41, 5.74) is 0.557. The van der Waals surface area contributed by atoms with Gasteiger partial charge in [0.25, 0.3) is 11.8 Å². The number of amides is 1. The summed E-state index contributed by atoms with van der Waals surface area (Å²) >= 11 is 3.88. The Bertz CT molecular complexity index is 904. The summed E-state index contributed by atoms with van der Waals surface area (Å²) in [6, 6.07) is 8.39. The van der Waals surface area contributed by atoms with Crippen LogP contribution in [0.1, 0.15) is 37.3 Å². The second kappa shape index (κ2) is 7.39. The fourth-order valence-corrected chi connectivity index (χ4v) is 4.53. The van der Waals surface area contributed by atoms with Crippen LogP contribution in [0.2, 0.25) is 0 Å². The molecule has 1 aromatic carbocycles. The van der Waals surface area contributed by atoms with Gasteiger partial charge in [-0.05, 0) is 58.6 Å². The number of pyridine rings is 1. The minimum atomic E-state index is -3.43. The van der Waals surface area contributed by atoms with Crippen molar-refractivity contribution < 1.29 is 18.0 Å². The molecule has 0 saturated carbocycles. The highest BCUT2D eigenvalue weighted by Crippen LogP contribution is 2.52. The molecule has 3 nitrogen and oxygen atoms in total. The summed E-state index contributed by atoms with van der Waals surface area (Å²) in [4.78, 5) is 20.2. The van der Waals surface area contributed by atoms with Crippen molar-refractivity contribution in [2.45, 2.75) is 36.9 Å². The third kappa shape index (κ3) is 3.82. The Morgan fingerprint density at radius 2 is 1.93 bits per heavy atom. The van der Waals surface area contributed by atoms with Crippen molar-refractivity contribution in [3.63, 3.8) is 0 Å². The second-order valence-electron chi connectivity index (χ2n) is 6.54. The average Bonchev–Trinajstić information content (AvgIpc) is 2.90. The Morgan fingerprint density at radius 1 is 1.26 bits per heavy atom. The second-order valence-corrected chi connectivity index (χ2v) is 8.85. The van der Waals surface area contributed by atoms with E-state index in [4.69, 9.17) is 0 Å². The van der Waals surface area contributed by atoms with Crippen LogP contribution in [-0.4, -0.2) is 20.7 Å². The highest BCUT2D eigenvalue weighted by Gasteiger charge is 2.60. The minimum Gasteiger partial charge on any atom is -0.271 e. The molecule has 8 heteroatoms. The van der Waals surface area contributed by atoms with Gasteiger partial charge in [-0.3, -0.25) is 4.79 Å². The standard InChI is InChI=1S/C19H16BrF3N2OS/c1-11(12-3-5-14(21)6-4-12)9-16-25-17(26)18(2,27-16)19(22,23)13-7-8-24-15(20)10-13/h3-8,10-11H,9H2,1-2H3/t11-,18?/m1/s1. The fourth-order valence-electron chi connectivity index (χ4n) is 2.85. The van der Waals surface area contributed by atoms with Crippen LogP contribution in [0, 0.1) is 5.82 Å². The van der Waals surface area contributed by atoms with Crippen molar-refractivity contribution in [3.05, 3.63) is 64.1 Å². The van der Waals surface area contributed by atoms with E-state index < -0.39 is 16.6 Å². The molecule has 0 spiro atoms. The van der Waals surface area contributed by atoms with Gasteiger partial charge in [0.15, 0.2) is 4.75 Å². The average molecular weight is 457 g/mol. The van der Waals surface area contributed by atoms with Crippen LogP contribution in [-0.2, 0) is 10.7 Å². The molecule has 0 radical (unpaired) electrons. The van der Waals surface area contributed by atoms with Crippen molar-refractivity contribution >= 4 is 38.6 Å². The summed E-state index contributed by atoms with van der Waals surface area (Å²) in [7, 11) is 0. The lowest BCUT2D eigenvalue weighted by molar-refractivity contribution is -0.130. The van der Waals surface area contributed by atoms with Gasteiger partial charge in [-0.1, -0.05) is 30.8 Å². The number of alkyl halides is 2. The van der Waals surface area contributed by atoms with E-state index in [0.717, 1.165) is 17.3 Å². The highest BCUT2D eigenvalue weighted by atomic mass is 79.9. The number of carbonyl (C=O) groups is 1. The van der Waals surface area contributed by atoms with Gasteiger partial charge in [0, 0.05) is 18.2 Å². The molecule has 1 aliphatic rings. The number of carbonyl (C=O) groups excluding carboxylic acids is 1. The first-order chi connectivity index (χ1) is 12.6. The maximum Gasteiger partial charge on any atom is 0.296 e. The lowest BCUT2D eigenvalue weighted by atomic mass is 9.95. The van der Waals surface area contributed by atoms with Gasteiger partial charge in [-0.15, -0.1) is 0 Å². The molecule has 1 unspecified atom stereocenters. The smallest absolute Gasteiger partial charge is 0.271 e. The number of aliphatic imine (C=N–C) groups is 1. The summed E-state index contributed by atoms with van der Waals surface area (Å²) in [5.74, 6) is -4.71. The van der Waals surface area contributed by atoms with E-state index in [9.17, 15) is 9.18 Å². The first kappa shape index (κ1) is 20.1. The molecule has 27 heavy (non-hydrogen) atoms. The van der Waals surface area contributed by atoms with E-state index in [1.807, 2.05) is 6.92 Å². The Labute approximate surface area is 167 Å². The third-order valence-corrected chi connectivity index (χ3v) is 6.33. The molecule has 0 bridgehead atoms. The Kier molecular flexibility index (Phi) is 5.49. The SMILES string of the molecule is C[C@H](CC1=NC(=O)C(C)(C(F)(F)c2ccnc(Br)c2)S1)c1ccc(F)cc1. The van der Waals surface area contributed by atoms with Gasteiger partial charge in [0.1, 0.15) is 10.4 Å². The molecular formula is C19H16BrF3N2OS. The number of aromatic nitrogens is 1. The van der Waals surface area contributed by atoms with E-state index in [2.05, 4.69) is 25.9 Å². The molecule has 1 aliphatic heterocycles. The van der Waals surface area contributed by atoms with Gasteiger partial charge in [-0.2, -0.15) is 8.78 Å². The van der Waals surface area contributed by atoms with E-state index in [0.29, 0.717) is 11.5 Å². The first-order valence-electron chi connectivity index (χ1n) is 8.20. The van der Waals surface area contributed by atoms with Crippen LogP contribution in [0.15, 0.2) is 52.2 Å². The molecule has 0 fully saturated rings. The van der Waals surface area contributed by atoms with Crippen LogP contribution in [0.4, 0.5) is 13.2 Å². The number of nitrogens with zero attached hydrogens (tertiary/aromatic N) is 2. The largest absolute Gasteiger partial charge is 0.296 e. The predicted octanol–water partition coefficient (Wildman–Crippen LogP) is 5.70. The Balaban J connectivity index is 1.80. The maximum absolute atomic E-state index is 15.1. The van der Waals surface area contributed by atoms with Gasteiger partial charge < -0.3 is 0 Å². The summed E-state index contributed by atoms with van der Waals surface area (Å²) < 4.78 is 41.6. The number of halogens is 4. The van der Waals surface area contributed by atoms with Gasteiger partial charge in [0.05, 0.1) is 5.04 Å². The molecule has 1 aromatic heterocycles. The van der Waals surface area contributed by atoms with Crippen molar-refractivity contribution in [2.24, 2.45) is 4.99 Å². The quantitative estimate of drug-likeness (QED) is 0.541. The summed E-state index contributed by atoms with van der Waals surface area (Å²) in [5, 5.41) is 0.354. The Hall–Kier alpha value is -1.67. The maximum atomic E-state index is 15.1. The molecule has 3 rings (SSSR count). The van der Waals surface area contributed by atoms with E-state index in [-0.39, 0.29) is 21.9 Å². The van der Waals surface area contributed by atoms with Crippen molar-refractivity contribution in [1.82, 2.24) is 4.98 Å². The van der Waals surface area contributed by atoms with E-state index >= 15 is 8.78 Å². The first-order valence-corrected chi connectivity index (χ1v) is 9.81. The summed E-state index contributed by atoms with van der Waals surface area (Å²) in [6.07, 6.45) is 1.59. The van der Waals surface area contributed by atoms with Gasteiger partial charge >= 0.3 is 0 Å². The number of rotatable bonds is 5. The molecule has 2 aromatic rings. The number of benzene rings is 1. The fraction of sp³-hybridized carbons (Fsp3) is 0.316. The topological polar surface area (TPSA) is 42.3 Å². The predicted molar refractivity (Wildman–Crippen MR) is 104 cm³/mol. The van der Waals surface area contributed by atoms with Crippen molar-refractivity contribution in [1.29, 1.82) is 0 Å². The molecule has 142 valence electrons. The van der Waals surface area contributed by atoms with Crippen LogP contribution in [0.25, 0.3) is 0 Å². The zero-order valence-electron chi connectivity index (χ0n) is 14.5. The number of thioether (sulfide) groups is 1. The molecule has 0 N–H and O–H groups in total. The van der Waals surface area contributed by atoms with E-state index in [1.165, 1.54) is 37.4 Å². The van der Waals surface area contributed by atoms with Crippen LogP contribution in [0.3, 0.4) is 0 Å². The van der Waals surface area contributed by atoms with Crippen LogP contribution >= 0.6 is 27.7 Å². The van der Waals surface area contributed by atoms with Crippen molar-refractivity contribution in [3.8, 4) is 0 Å². The number of hydrogen-bond acceptors (Lipinski definition) is 3. The highest BCUT2D eigenvalue weighted by molar-refractivity contribution is 9.10. The molecular weight excluding hydrogens is 441 g/mol. The van der Waals surface area contributed by atoms with Gasteiger partial charge in [0.2, 0.25) is 0 Å². The molecule has 1 amide bonds. The van der Waals surface area contributed by atoms with Crippen LogP contribution in [0.5, 0.6) is 0 Å². The Morgan fingerprint density at radius 3 is 2.56 bits per heavy atom. The monoisotopic (exact) mass is 456 g/mol.